The number of hydrogen-bond donors (Lipinski definition) is 1. The van der Waals surface area contributed by atoms with Gasteiger partial charge in [-0.25, -0.2) is 9.97 Å². The predicted octanol–water partition coefficient (Wildman–Crippen LogP) is 1.79. The van der Waals surface area contributed by atoms with Gasteiger partial charge >= 0.3 is 5.97 Å². The first-order valence-corrected chi connectivity index (χ1v) is 7.71. The maximum atomic E-state index is 12.4. The number of hydrogen-bond acceptors (Lipinski definition) is 5. The second-order valence-electron chi connectivity index (χ2n) is 4.46. The molecule has 2 heterocycles. The van der Waals surface area contributed by atoms with Gasteiger partial charge in [-0.15, -0.1) is 0 Å². The maximum absolute atomic E-state index is 12.4. The van der Waals surface area contributed by atoms with Crippen LogP contribution in [0.3, 0.4) is 0 Å². The first-order chi connectivity index (χ1) is 9.52. The van der Waals surface area contributed by atoms with Crippen LogP contribution < -0.4 is 0 Å². The van der Waals surface area contributed by atoms with Gasteiger partial charge in [0.05, 0.1) is 17.1 Å². The number of rotatable bonds is 3. The third-order valence-electron chi connectivity index (χ3n) is 3.24. The fraction of sp³-hybridized carbons (Fsp3) is 0.500. The van der Waals surface area contributed by atoms with E-state index in [0.717, 1.165) is 0 Å². The summed E-state index contributed by atoms with van der Waals surface area (Å²) in [5.41, 5.74) is 0.180. The van der Waals surface area contributed by atoms with Crippen LogP contribution in [-0.2, 0) is 4.79 Å². The van der Waals surface area contributed by atoms with Crippen LogP contribution in [-0.4, -0.2) is 51.2 Å². The molecule has 1 amide bonds. The summed E-state index contributed by atoms with van der Waals surface area (Å²) in [6, 6.07) is 0. The van der Waals surface area contributed by atoms with Gasteiger partial charge in [-0.05, 0) is 19.1 Å². The summed E-state index contributed by atoms with van der Waals surface area (Å²) in [4.78, 5) is 33.0. The van der Waals surface area contributed by atoms with E-state index in [-0.39, 0.29) is 22.5 Å². The summed E-state index contributed by atoms with van der Waals surface area (Å²) in [5.74, 6) is -1.44. The van der Waals surface area contributed by atoms with Gasteiger partial charge in [-0.2, -0.15) is 0 Å². The normalized spacial score (nSPS) is 16.2. The van der Waals surface area contributed by atoms with Crippen molar-refractivity contribution in [3.8, 4) is 0 Å². The second kappa shape index (κ2) is 6.41. The molecule has 6 nitrogen and oxygen atoms in total. The topological polar surface area (TPSA) is 83.4 Å². The first-order valence-electron chi connectivity index (χ1n) is 6.11. The first kappa shape index (κ1) is 15.1. The van der Waals surface area contributed by atoms with Gasteiger partial charge in [0.25, 0.3) is 5.91 Å². The minimum absolute atomic E-state index is 0.180. The number of amides is 1. The quantitative estimate of drug-likeness (QED) is 0.676. The summed E-state index contributed by atoms with van der Waals surface area (Å²) in [6.45, 7) is 0.815. The monoisotopic (exact) mass is 315 g/mol. The molecule has 0 saturated carbocycles. The zero-order chi connectivity index (χ0) is 14.7. The molecule has 0 unspecified atom stereocenters. The number of nitrogens with zero attached hydrogens (tertiary/aromatic N) is 3. The lowest BCUT2D eigenvalue weighted by atomic mass is 9.97. The maximum Gasteiger partial charge on any atom is 0.306 e. The van der Waals surface area contributed by atoms with E-state index < -0.39 is 5.97 Å². The fourth-order valence-corrected chi connectivity index (χ4v) is 2.59. The van der Waals surface area contributed by atoms with Gasteiger partial charge in [0.2, 0.25) is 0 Å². The molecule has 1 N–H and O–H groups in total. The van der Waals surface area contributed by atoms with E-state index in [1.165, 1.54) is 18.0 Å². The zero-order valence-corrected chi connectivity index (χ0v) is 12.4. The predicted molar refractivity (Wildman–Crippen MR) is 75.1 cm³/mol. The number of thioether (sulfide) groups is 1. The van der Waals surface area contributed by atoms with Gasteiger partial charge < -0.3 is 10.0 Å². The molecule has 108 valence electrons. The van der Waals surface area contributed by atoms with Crippen molar-refractivity contribution in [2.45, 2.75) is 18.0 Å². The molecule has 0 aromatic carbocycles. The van der Waals surface area contributed by atoms with Crippen LogP contribution in [0.2, 0.25) is 5.02 Å². The highest BCUT2D eigenvalue weighted by Crippen LogP contribution is 2.22. The Kier molecular flexibility index (Phi) is 4.82. The van der Waals surface area contributed by atoms with Crippen LogP contribution in [0.25, 0.3) is 0 Å². The third kappa shape index (κ3) is 3.21. The molecule has 8 heteroatoms. The number of aromatic nitrogens is 2. The number of carboxylic acids is 1. The molecule has 1 aliphatic heterocycles. The second-order valence-corrected chi connectivity index (χ2v) is 5.64. The Balaban J connectivity index is 2.11. The number of carboxylic acid groups (broad SMARTS) is 1. The lowest BCUT2D eigenvalue weighted by molar-refractivity contribution is -0.143. The van der Waals surface area contributed by atoms with E-state index in [1.54, 1.807) is 4.90 Å². The molecular weight excluding hydrogens is 302 g/mol. The molecule has 1 aromatic rings. The third-order valence-corrected chi connectivity index (χ3v) is 4.08. The molecule has 0 aliphatic carbocycles. The lowest BCUT2D eigenvalue weighted by Crippen LogP contribution is -2.40. The summed E-state index contributed by atoms with van der Waals surface area (Å²) >= 11 is 7.30. The average Bonchev–Trinajstić information content (AvgIpc) is 2.47. The highest BCUT2D eigenvalue weighted by atomic mass is 35.5. The summed E-state index contributed by atoms with van der Waals surface area (Å²) in [7, 11) is 0. The van der Waals surface area contributed by atoms with Gasteiger partial charge in [0.15, 0.2) is 10.9 Å². The van der Waals surface area contributed by atoms with Crippen molar-refractivity contribution in [2.75, 3.05) is 19.3 Å². The SMILES string of the molecule is CSc1ncc(Cl)c(C(=O)N2CCC(C(=O)O)CC2)n1. The number of likely N-dealkylation sites (tertiary alicyclic amines) is 1. The van der Waals surface area contributed by atoms with Crippen LogP contribution in [0.15, 0.2) is 11.4 Å². The molecule has 0 spiro atoms. The van der Waals surface area contributed by atoms with Crippen molar-refractivity contribution in [2.24, 2.45) is 5.92 Å². The molecule has 0 bridgehead atoms. The van der Waals surface area contributed by atoms with Crippen molar-refractivity contribution in [3.05, 3.63) is 16.9 Å². The highest BCUT2D eigenvalue weighted by molar-refractivity contribution is 7.98. The number of carbonyl (C=O) groups is 2. The van der Waals surface area contributed by atoms with Gasteiger partial charge in [-0.3, -0.25) is 9.59 Å². The van der Waals surface area contributed by atoms with Crippen molar-refractivity contribution in [1.82, 2.24) is 14.9 Å². The van der Waals surface area contributed by atoms with Gasteiger partial charge in [-0.1, -0.05) is 23.4 Å². The van der Waals surface area contributed by atoms with Crippen LogP contribution in [0.4, 0.5) is 0 Å². The number of halogens is 1. The van der Waals surface area contributed by atoms with Crippen molar-refractivity contribution < 1.29 is 14.7 Å². The highest BCUT2D eigenvalue weighted by Gasteiger charge is 2.29. The Morgan fingerprint density at radius 2 is 2.10 bits per heavy atom. The minimum Gasteiger partial charge on any atom is -0.481 e. The van der Waals surface area contributed by atoms with E-state index in [0.29, 0.717) is 31.1 Å². The molecular formula is C12H14ClN3O3S. The summed E-state index contributed by atoms with van der Waals surface area (Å²) < 4.78 is 0. The Hall–Kier alpha value is -1.34. The Morgan fingerprint density at radius 1 is 1.45 bits per heavy atom. The molecule has 1 aliphatic rings. The van der Waals surface area contributed by atoms with Crippen LogP contribution in [0.5, 0.6) is 0 Å². The van der Waals surface area contributed by atoms with E-state index in [2.05, 4.69) is 9.97 Å². The van der Waals surface area contributed by atoms with Crippen molar-refractivity contribution in [3.63, 3.8) is 0 Å². The minimum atomic E-state index is -0.804. The Labute approximate surface area is 125 Å². The zero-order valence-electron chi connectivity index (χ0n) is 10.9. The summed E-state index contributed by atoms with van der Waals surface area (Å²) in [6.07, 6.45) is 4.14. The summed E-state index contributed by atoms with van der Waals surface area (Å²) in [5, 5.41) is 9.64. The van der Waals surface area contributed by atoms with Gasteiger partial charge in [0, 0.05) is 13.1 Å². The van der Waals surface area contributed by atoms with Crippen LogP contribution in [0.1, 0.15) is 23.3 Å². The van der Waals surface area contributed by atoms with E-state index in [4.69, 9.17) is 16.7 Å². The Morgan fingerprint density at radius 3 is 2.65 bits per heavy atom. The number of piperidine rings is 1. The molecule has 0 atom stereocenters. The standard InChI is InChI=1S/C12H14ClN3O3S/c1-20-12-14-6-8(13)9(15-12)10(17)16-4-2-7(3-5-16)11(18)19/h6-7H,2-5H2,1H3,(H,18,19). The molecule has 1 fully saturated rings. The average molecular weight is 316 g/mol. The molecule has 1 aromatic heterocycles. The van der Waals surface area contributed by atoms with Crippen molar-refractivity contribution >= 4 is 35.2 Å². The van der Waals surface area contributed by atoms with Crippen LogP contribution in [0, 0.1) is 5.92 Å². The van der Waals surface area contributed by atoms with Gasteiger partial charge in [0.1, 0.15) is 0 Å². The molecule has 20 heavy (non-hydrogen) atoms. The molecule has 1 saturated heterocycles. The molecule has 2 rings (SSSR count). The van der Waals surface area contributed by atoms with E-state index in [1.807, 2.05) is 6.26 Å². The number of carbonyl (C=O) groups excluding carboxylic acids is 1. The molecule has 0 radical (unpaired) electrons. The largest absolute Gasteiger partial charge is 0.481 e. The van der Waals surface area contributed by atoms with Crippen molar-refractivity contribution in [1.29, 1.82) is 0 Å². The van der Waals surface area contributed by atoms with E-state index in [9.17, 15) is 9.59 Å². The number of aliphatic carboxylic acids is 1. The van der Waals surface area contributed by atoms with E-state index >= 15 is 0 Å². The fourth-order valence-electron chi connectivity index (χ4n) is 2.08. The smallest absolute Gasteiger partial charge is 0.306 e. The van der Waals surface area contributed by atoms with Crippen LogP contribution >= 0.6 is 23.4 Å². The Bertz CT molecular complexity index is 533. The lowest BCUT2D eigenvalue weighted by Gasteiger charge is -2.30.